The molecule has 0 saturated carbocycles. The first-order valence-corrected chi connectivity index (χ1v) is 4.51. The smallest absolute Gasteiger partial charge is 0.511 e. The van der Waals surface area contributed by atoms with Gasteiger partial charge in [-0.2, -0.15) is 0 Å². The van der Waals surface area contributed by atoms with Gasteiger partial charge >= 0.3 is 103 Å². The third-order valence-electron chi connectivity index (χ3n) is 0.787. The van der Waals surface area contributed by atoms with Gasteiger partial charge in [-0.3, -0.25) is 0 Å². The van der Waals surface area contributed by atoms with E-state index < -0.39 is 6.10 Å². The number of aliphatic hydroxyl groups is 1. The SMILES string of the molecule is OC(COC(=S)[S-])COC(=S)[S-].[K+].[K+]. The summed E-state index contributed by atoms with van der Waals surface area (Å²) < 4.78 is 9.29. The molecule has 0 aliphatic rings. The van der Waals surface area contributed by atoms with E-state index in [0.29, 0.717) is 0 Å². The van der Waals surface area contributed by atoms with Gasteiger partial charge in [-0.15, -0.1) is 0 Å². The van der Waals surface area contributed by atoms with Crippen molar-refractivity contribution in [1.29, 1.82) is 0 Å². The average Bonchev–Trinajstić information content (AvgIpc) is 1.96. The zero-order valence-electron chi connectivity index (χ0n) is 7.89. The van der Waals surface area contributed by atoms with E-state index in [4.69, 9.17) is 5.11 Å². The predicted molar refractivity (Wildman–Crippen MR) is 57.8 cm³/mol. The minimum absolute atomic E-state index is 0. The van der Waals surface area contributed by atoms with Crippen LogP contribution in [0.3, 0.4) is 0 Å². The molecule has 0 bridgehead atoms. The van der Waals surface area contributed by atoms with Gasteiger partial charge in [0.1, 0.15) is 19.3 Å². The Morgan fingerprint density at radius 2 is 1.36 bits per heavy atom. The number of rotatable bonds is 4. The number of hydrogen-bond acceptors (Lipinski definition) is 7. The van der Waals surface area contributed by atoms with Crippen LogP contribution >= 0.6 is 24.4 Å². The molecule has 0 aromatic carbocycles. The molecule has 0 amide bonds. The standard InChI is InChI=1S/C5H8O3S4.2K/c6-3(1-7-4(9)10)2-8-5(11)12;;/h3,6H,1-2H2,(H,9,10)(H,11,12);;/q;2*+1/p-2. The zero-order valence-corrected chi connectivity index (χ0v) is 17.4. The maximum absolute atomic E-state index is 9.09. The van der Waals surface area contributed by atoms with Crippen molar-refractivity contribution in [3.8, 4) is 0 Å². The van der Waals surface area contributed by atoms with Crippen LogP contribution in [0.1, 0.15) is 0 Å². The van der Waals surface area contributed by atoms with Crippen molar-refractivity contribution in [3.63, 3.8) is 0 Å². The van der Waals surface area contributed by atoms with E-state index in [2.05, 4.69) is 59.2 Å². The quantitative estimate of drug-likeness (QED) is 0.314. The first-order valence-electron chi connectivity index (χ1n) is 2.88. The Bertz CT molecular complexity index is 162. The molecule has 0 saturated heterocycles. The normalized spacial score (nSPS) is 8.14. The second kappa shape index (κ2) is 14.5. The Morgan fingerprint density at radius 1 is 1.07 bits per heavy atom. The van der Waals surface area contributed by atoms with Gasteiger partial charge in [-0.05, 0) is 0 Å². The molecule has 1 N–H and O–H groups in total. The van der Waals surface area contributed by atoms with Gasteiger partial charge in [-0.1, -0.05) is 0 Å². The number of ether oxygens (including phenoxy) is 2. The average molecular weight is 321 g/mol. The van der Waals surface area contributed by atoms with Crippen molar-refractivity contribution in [1.82, 2.24) is 0 Å². The summed E-state index contributed by atoms with van der Waals surface area (Å²) in [5.74, 6) is 0. The van der Waals surface area contributed by atoms with Crippen LogP contribution in [-0.2, 0) is 34.7 Å². The second-order valence-corrected chi connectivity index (χ2v) is 3.78. The first-order chi connectivity index (χ1) is 5.52. The van der Waals surface area contributed by atoms with E-state index in [-0.39, 0.29) is 125 Å². The molecule has 3 nitrogen and oxygen atoms in total. The Kier molecular flexibility index (Phi) is 23.4. The molecule has 0 radical (unpaired) electrons. The van der Waals surface area contributed by atoms with Gasteiger partial charge in [0.05, 0.1) is 0 Å². The number of hydrogen-bond donors (Lipinski definition) is 1. The fourth-order valence-corrected chi connectivity index (χ4v) is 0.649. The van der Waals surface area contributed by atoms with Crippen LogP contribution in [0.25, 0.3) is 0 Å². The molecular weight excluding hydrogens is 315 g/mol. The van der Waals surface area contributed by atoms with E-state index in [1.165, 1.54) is 0 Å². The Morgan fingerprint density at radius 3 is 1.57 bits per heavy atom. The van der Waals surface area contributed by atoms with Crippen LogP contribution in [0.5, 0.6) is 0 Å². The van der Waals surface area contributed by atoms with E-state index in [9.17, 15) is 0 Å². The third kappa shape index (κ3) is 17.8. The minimum atomic E-state index is -0.813. The summed E-state index contributed by atoms with van der Waals surface area (Å²) in [7, 11) is 0. The van der Waals surface area contributed by atoms with Crippen LogP contribution < -0.4 is 103 Å². The van der Waals surface area contributed by atoms with Crippen LogP contribution in [0.4, 0.5) is 0 Å². The Labute approximate surface area is 190 Å². The second-order valence-electron chi connectivity index (χ2n) is 1.78. The zero-order chi connectivity index (χ0) is 9.56. The van der Waals surface area contributed by atoms with Gasteiger partial charge in [0.25, 0.3) is 0 Å². The molecule has 0 aliphatic carbocycles. The Balaban J connectivity index is -0.000000605. The first kappa shape index (κ1) is 22.6. The fourth-order valence-electron chi connectivity index (χ4n) is 0.377. The minimum Gasteiger partial charge on any atom is -0.511 e. The topological polar surface area (TPSA) is 38.7 Å². The molecule has 14 heavy (non-hydrogen) atoms. The summed E-state index contributed by atoms with van der Waals surface area (Å²) in [5, 5.41) is 9.09. The van der Waals surface area contributed by atoms with Crippen molar-refractivity contribution < 1.29 is 117 Å². The molecule has 0 rings (SSSR count). The van der Waals surface area contributed by atoms with E-state index in [1.54, 1.807) is 0 Å². The van der Waals surface area contributed by atoms with E-state index in [1.807, 2.05) is 0 Å². The van der Waals surface area contributed by atoms with Gasteiger partial charge < -0.3 is 64.3 Å². The van der Waals surface area contributed by atoms with Gasteiger partial charge in [-0.25, -0.2) is 0 Å². The van der Waals surface area contributed by atoms with Gasteiger partial charge in [0.2, 0.25) is 0 Å². The van der Waals surface area contributed by atoms with Gasteiger partial charge in [0, 0.05) is 8.77 Å². The number of thiocarbonyl (C=S) groups is 2. The molecule has 9 heteroatoms. The molecule has 0 aliphatic heterocycles. The molecule has 70 valence electrons. The molecular formula is C5H6K2O3S4. The van der Waals surface area contributed by atoms with Crippen molar-refractivity contribution in [2.24, 2.45) is 0 Å². The maximum atomic E-state index is 9.09. The van der Waals surface area contributed by atoms with Crippen molar-refractivity contribution in [3.05, 3.63) is 0 Å². The summed E-state index contributed by atoms with van der Waals surface area (Å²) in [6.45, 7) is 0.000556. The maximum Gasteiger partial charge on any atom is 1.00 e. The van der Waals surface area contributed by atoms with E-state index in [0.717, 1.165) is 0 Å². The molecule has 0 unspecified atom stereocenters. The molecule has 0 atom stereocenters. The van der Waals surface area contributed by atoms with Crippen molar-refractivity contribution >= 4 is 58.5 Å². The molecule has 0 spiro atoms. The largest absolute Gasteiger partial charge is 1.00 e. The molecule has 0 aromatic heterocycles. The van der Waals surface area contributed by atoms with Crippen LogP contribution in [-0.4, -0.2) is 33.2 Å². The molecule has 0 fully saturated rings. The van der Waals surface area contributed by atoms with Crippen LogP contribution in [0, 0.1) is 0 Å². The number of aliphatic hydroxyl groups excluding tert-OH is 1. The van der Waals surface area contributed by atoms with Gasteiger partial charge in [0.15, 0.2) is 0 Å². The predicted octanol–water partition coefficient (Wildman–Crippen LogP) is -5.95. The monoisotopic (exact) mass is 320 g/mol. The fraction of sp³-hybridized carbons (Fsp3) is 0.600. The molecule has 0 aromatic rings. The van der Waals surface area contributed by atoms with Crippen molar-refractivity contribution in [2.45, 2.75) is 6.10 Å². The van der Waals surface area contributed by atoms with Crippen molar-refractivity contribution in [2.75, 3.05) is 13.2 Å². The summed E-state index contributed by atoms with van der Waals surface area (Å²) in [5.41, 5.74) is 0. The summed E-state index contributed by atoms with van der Waals surface area (Å²) in [6.07, 6.45) is -0.813. The summed E-state index contributed by atoms with van der Waals surface area (Å²) in [6, 6.07) is 0. The molecule has 0 heterocycles. The third-order valence-corrected chi connectivity index (χ3v) is 1.26. The summed E-state index contributed by atoms with van der Waals surface area (Å²) >= 11 is 17.8. The summed E-state index contributed by atoms with van der Waals surface area (Å²) in [4.78, 5) is 0. The van der Waals surface area contributed by atoms with Crippen LogP contribution in [0.15, 0.2) is 0 Å². The van der Waals surface area contributed by atoms with E-state index >= 15 is 0 Å². The Hall–Kier alpha value is 3.45. The van der Waals surface area contributed by atoms with Crippen LogP contribution in [0.2, 0.25) is 0 Å².